The first-order chi connectivity index (χ1) is 10.7. The Bertz CT molecular complexity index is 589. The van der Waals surface area contributed by atoms with Crippen molar-refractivity contribution in [2.75, 3.05) is 19.6 Å². The van der Waals surface area contributed by atoms with E-state index in [0.29, 0.717) is 18.7 Å². The van der Waals surface area contributed by atoms with Crippen molar-refractivity contribution in [2.24, 2.45) is 0 Å². The molecule has 1 aliphatic rings. The molecule has 7 heteroatoms. The van der Waals surface area contributed by atoms with Crippen molar-refractivity contribution in [1.82, 2.24) is 15.2 Å². The van der Waals surface area contributed by atoms with E-state index in [2.05, 4.69) is 22.4 Å². The third kappa shape index (κ3) is 4.56. The van der Waals surface area contributed by atoms with Crippen LogP contribution in [0.25, 0.3) is 0 Å². The average molecular weight is 359 g/mol. The third-order valence-electron chi connectivity index (χ3n) is 3.50. The molecule has 0 aromatic carbocycles. The van der Waals surface area contributed by atoms with Gasteiger partial charge in [0, 0.05) is 0 Å². The van der Waals surface area contributed by atoms with Crippen molar-refractivity contribution in [3.05, 3.63) is 23.9 Å². The molecule has 1 unspecified atom stereocenters. The minimum absolute atomic E-state index is 0.0144. The Hall–Kier alpha value is -1.88. The molecule has 22 heavy (non-hydrogen) atoms. The Labute approximate surface area is 136 Å². The number of carbonyl (C=O) groups excluding carboxylic acids is 1. The molecule has 2 rings (SSSR count). The molecule has 2 heterocycles. The first kappa shape index (κ1) is 16.5. The summed E-state index contributed by atoms with van der Waals surface area (Å²) >= 11 is -0.345. The predicted octanol–water partition coefficient (Wildman–Crippen LogP) is -0.462. The second kappa shape index (κ2) is 8.53. The molecule has 1 aromatic heterocycles. The summed E-state index contributed by atoms with van der Waals surface area (Å²) in [6, 6.07) is 7.68. The summed E-state index contributed by atoms with van der Waals surface area (Å²) in [4.78, 5) is 17.9. The van der Waals surface area contributed by atoms with Gasteiger partial charge in [0.05, 0.1) is 0 Å². The first-order valence-corrected chi connectivity index (χ1v) is 9.77. The molecule has 1 aliphatic heterocycles. The van der Waals surface area contributed by atoms with Crippen LogP contribution in [0.2, 0.25) is 5.21 Å². The van der Waals surface area contributed by atoms with Crippen LogP contribution in [-0.2, 0) is 4.79 Å². The molecule has 0 aliphatic carbocycles. The summed E-state index contributed by atoms with van der Waals surface area (Å²) in [6.45, 7) is 1.77. The van der Waals surface area contributed by atoms with Crippen LogP contribution in [0.15, 0.2) is 18.3 Å². The van der Waals surface area contributed by atoms with Crippen molar-refractivity contribution < 1.29 is 4.79 Å². The molecule has 0 radical (unpaired) electrons. The van der Waals surface area contributed by atoms with Crippen LogP contribution < -0.4 is 9.80 Å². The molecule has 1 fully saturated rings. The number of hydrogen-bond donors (Lipinski definition) is 1. The maximum absolute atomic E-state index is 12.0. The van der Waals surface area contributed by atoms with Crippen molar-refractivity contribution in [2.45, 2.75) is 24.1 Å². The topological polar surface area (TPSA) is 92.8 Å². The Morgan fingerprint density at radius 3 is 3.05 bits per heavy atom. The Balaban J connectivity index is 1.64. The minimum atomic E-state index is -0.345. The van der Waals surface area contributed by atoms with Crippen LogP contribution in [0.1, 0.15) is 18.4 Å². The van der Waals surface area contributed by atoms with Crippen molar-refractivity contribution in [3.8, 4) is 12.1 Å². The number of nitrogens with zero attached hydrogens (tertiary/aromatic N) is 4. The van der Waals surface area contributed by atoms with Gasteiger partial charge in [-0.3, -0.25) is 0 Å². The van der Waals surface area contributed by atoms with Gasteiger partial charge in [0.2, 0.25) is 0 Å². The molecule has 114 valence electrons. The Morgan fingerprint density at radius 2 is 2.36 bits per heavy atom. The number of aromatic nitrogens is 1. The van der Waals surface area contributed by atoms with Gasteiger partial charge in [-0.15, -0.1) is 0 Å². The van der Waals surface area contributed by atoms with Crippen molar-refractivity contribution in [1.29, 1.82) is 10.5 Å². The standard InChI is InChI=1S/C15H18AsN5O/c17-8-12-3-4-14(20-10-12)16-5-6-19-11-15(22)21-7-1-2-13(21)9-18/h3-4,10,13,16,19H,1-2,5-7,11H2/t13-/m0/s1. The van der Waals surface area contributed by atoms with Gasteiger partial charge in [-0.05, 0) is 0 Å². The molecule has 0 spiro atoms. The van der Waals surface area contributed by atoms with Crippen LogP contribution in [-0.4, -0.2) is 57.2 Å². The summed E-state index contributed by atoms with van der Waals surface area (Å²) in [5, 5.41) is 21.8. The van der Waals surface area contributed by atoms with E-state index in [0.717, 1.165) is 29.1 Å². The quantitative estimate of drug-likeness (QED) is 0.548. The van der Waals surface area contributed by atoms with Crippen LogP contribution >= 0.6 is 0 Å². The molecular formula is C15H18AsN5O. The second-order valence-electron chi connectivity index (χ2n) is 5.02. The number of hydrogen-bond acceptors (Lipinski definition) is 5. The van der Waals surface area contributed by atoms with E-state index in [1.54, 1.807) is 17.2 Å². The second-order valence-corrected chi connectivity index (χ2v) is 7.89. The molecule has 2 atom stereocenters. The molecule has 1 amide bonds. The van der Waals surface area contributed by atoms with Crippen LogP contribution in [0, 0.1) is 22.7 Å². The summed E-state index contributed by atoms with van der Waals surface area (Å²) in [5.41, 5.74) is 0.580. The van der Waals surface area contributed by atoms with E-state index in [9.17, 15) is 4.79 Å². The van der Waals surface area contributed by atoms with Crippen LogP contribution in [0.3, 0.4) is 0 Å². The fourth-order valence-corrected chi connectivity index (χ4v) is 4.26. The van der Waals surface area contributed by atoms with Gasteiger partial charge in [-0.2, -0.15) is 0 Å². The van der Waals surface area contributed by atoms with E-state index in [1.165, 1.54) is 0 Å². The molecule has 6 nitrogen and oxygen atoms in total. The van der Waals surface area contributed by atoms with Crippen molar-refractivity contribution in [3.63, 3.8) is 0 Å². The number of pyridine rings is 1. The zero-order valence-electron chi connectivity index (χ0n) is 12.2. The molecule has 0 bridgehead atoms. The zero-order chi connectivity index (χ0) is 15.8. The Morgan fingerprint density at radius 1 is 1.50 bits per heavy atom. The molecule has 1 N–H and O–H groups in total. The summed E-state index contributed by atoms with van der Waals surface area (Å²) in [7, 11) is 0. The van der Waals surface area contributed by atoms with Gasteiger partial charge in [0.15, 0.2) is 0 Å². The number of carbonyl (C=O) groups is 1. The van der Waals surface area contributed by atoms with Crippen LogP contribution in [0.4, 0.5) is 0 Å². The molecular weight excluding hydrogens is 341 g/mol. The molecule has 1 aromatic rings. The fourth-order valence-electron chi connectivity index (χ4n) is 2.34. The van der Waals surface area contributed by atoms with E-state index < -0.39 is 0 Å². The Kier molecular flexibility index (Phi) is 6.40. The third-order valence-corrected chi connectivity index (χ3v) is 5.93. The van der Waals surface area contributed by atoms with Gasteiger partial charge >= 0.3 is 136 Å². The number of nitrogens with one attached hydrogen (secondary N) is 1. The van der Waals surface area contributed by atoms with E-state index in [1.807, 2.05) is 6.07 Å². The molecule has 1 saturated heterocycles. The maximum atomic E-state index is 12.0. The first-order valence-electron chi connectivity index (χ1n) is 7.24. The van der Waals surface area contributed by atoms with Gasteiger partial charge in [-0.25, -0.2) is 0 Å². The van der Waals surface area contributed by atoms with Gasteiger partial charge in [-0.1, -0.05) is 0 Å². The number of likely N-dealkylation sites (tertiary alicyclic amines) is 1. The number of amides is 1. The fraction of sp³-hybridized carbons (Fsp3) is 0.467. The summed E-state index contributed by atoms with van der Waals surface area (Å²) in [6.07, 6.45) is 3.31. The number of nitriles is 2. The average Bonchev–Trinajstić information content (AvgIpc) is 3.03. The summed E-state index contributed by atoms with van der Waals surface area (Å²) < 4.78 is 1.07. The van der Waals surface area contributed by atoms with Crippen molar-refractivity contribution >= 4 is 26.1 Å². The zero-order valence-corrected chi connectivity index (χ0v) is 14.3. The normalized spacial score (nSPS) is 17.5. The number of rotatable bonds is 6. The van der Waals surface area contributed by atoms with Gasteiger partial charge < -0.3 is 0 Å². The van der Waals surface area contributed by atoms with E-state index in [4.69, 9.17) is 10.5 Å². The van der Waals surface area contributed by atoms with Crippen LogP contribution in [0.5, 0.6) is 0 Å². The van der Waals surface area contributed by atoms with E-state index >= 15 is 0 Å². The van der Waals surface area contributed by atoms with Gasteiger partial charge in [0.1, 0.15) is 0 Å². The van der Waals surface area contributed by atoms with E-state index in [-0.39, 0.29) is 27.7 Å². The summed E-state index contributed by atoms with van der Waals surface area (Å²) in [5.74, 6) is 0.0144. The SMILES string of the molecule is N#Cc1ccc([AsH]CCNCC(=O)N2CCC[C@H]2C#N)nc1. The van der Waals surface area contributed by atoms with Gasteiger partial charge in [0.25, 0.3) is 0 Å². The predicted molar refractivity (Wildman–Crippen MR) is 83.8 cm³/mol. The molecule has 0 saturated carbocycles. The monoisotopic (exact) mass is 359 g/mol.